The van der Waals surface area contributed by atoms with Gasteiger partial charge < -0.3 is 19.5 Å². The monoisotopic (exact) mass is 376 g/mol. The fourth-order valence-electron chi connectivity index (χ4n) is 3.59. The molecule has 1 fully saturated rings. The van der Waals surface area contributed by atoms with Crippen molar-refractivity contribution in [3.8, 4) is 17.2 Å². The summed E-state index contributed by atoms with van der Waals surface area (Å²) in [6.45, 7) is 6.25. The summed E-state index contributed by atoms with van der Waals surface area (Å²) in [5, 5.41) is 5.71. The van der Waals surface area contributed by atoms with Gasteiger partial charge in [-0.2, -0.15) is 0 Å². The quantitative estimate of drug-likeness (QED) is 0.836. The summed E-state index contributed by atoms with van der Waals surface area (Å²) < 4.78 is 16.9. The highest BCUT2D eigenvalue weighted by Crippen LogP contribution is 2.46. The number of hydrogen-bond acceptors (Lipinski definition) is 6. The molecule has 1 aliphatic rings. The predicted molar refractivity (Wildman–Crippen MR) is 106 cm³/mol. The van der Waals surface area contributed by atoms with Crippen LogP contribution in [0, 0.1) is 6.92 Å². The molecular weight excluding hydrogens is 348 g/mol. The second-order valence-electron chi connectivity index (χ2n) is 6.49. The summed E-state index contributed by atoms with van der Waals surface area (Å²) in [7, 11) is 5.00. The molecule has 0 amide bonds. The maximum atomic E-state index is 5.80. The van der Waals surface area contributed by atoms with Gasteiger partial charge in [0.2, 0.25) is 5.75 Å². The van der Waals surface area contributed by atoms with E-state index in [4.69, 9.17) is 14.2 Å². The molecule has 142 valence electrons. The van der Waals surface area contributed by atoms with Gasteiger partial charge in [0.1, 0.15) is 0 Å². The standard InChI is InChI=1S/C20H28N2O3S/c1-14-12-17(26-13-14)18(22-10-5-8-21-9-11-22)15-6-7-16(23-2)20(25-4)19(15)24-3/h6-7,12-13,18,21H,5,8-11H2,1-4H3. The molecule has 6 heteroatoms. The molecule has 26 heavy (non-hydrogen) atoms. The van der Waals surface area contributed by atoms with E-state index in [-0.39, 0.29) is 6.04 Å². The molecule has 1 aliphatic heterocycles. The van der Waals surface area contributed by atoms with E-state index < -0.39 is 0 Å². The normalized spacial score (nSPS) is 16.8. The van der Waals surface area contributed by atoms with Crippen LogP contribution in [0.4, 0.5) is 0 Å². The van der Waals surface area contributed by atoms with Gasteiger partial charge in [-0.25, -0.2) is 0 Å². The molecule has 1 aromatic heterocycles. The van der Waals surface area contributed by atoms with E-state index in [2.05, 4.69) is 34.7 Å². The molecule has 2 aromatic rings. The number of methoxy groups -OCH3 is 3. The lowest BCUT2D eigenvalue weighted by Gasteiger charge is -2.31. The van der Waals surface area contributed by atoms with E-state index in [0.717, 1.165) is 43.9 Å². The molecule has 1 aromatic carbocycles. The predicted octanol–water partition coefficient (Wildman–Crippen LogP) is 3.47. The highest BCUT2D eigenvalue weighted by molar-refractivity contribution is 7.10. The Labute approximate surface area is 159 Å². The van der Waals surface area contributed by atoms with Gasteiger partial charge in [-0.15, -0.1) is 11.3 Å². The Morgan fingerprint density at radius 3 is 2.50 bits per heavy atom. The fraction of sp³-hybridized carbons (Fsp3) is 0.500. The second-order valence-corrected chi connectivity index (χ2v) is 7.43. The van der Waals surface area contributed by atoms with Crippen molar-refractivity contribution < 1.29 is 14.2 Å². The number of nitrogens with zero attached hydrogens (tertiary/aromatic N) is 1. The molecule has 1 N–H and O–H groups in total. The number of benzene rings is 1. The van der Waals surface area contributed by atoms with E-state index in [1.807, 2.05) is 6.07 Å². The second kappa shape index (κ2) is 8.75. The highest BCUT2D eigenvalue weighted by Gasteiger charge is 2.29. The molecule has 1 saturated heterocycles. The maximum absolute atomic E-state index is 5.80. The number of thiophene rings is 1. The van der Waals surface area contributed by atoms with Crippen molar-refractivity contribution in [2.24, 2.45) is 0 Å². The average Bonchev–Trinajstić information content (AvgIpc) is 2.92. The van der Waals surface area contributed by atoms with Gasteiger partial charge in [-0.3, -0.25) is 4.90 Å². The molecule has 1 atom stereocenters. The van der Waals surface area contributed by atoms with Crippen LogP contribution in [0.3, 0.4) is 0 Å². The van der Waals surface area contributed by atoms with Crippen molar-refractivity contribution in [2.45, 2.75) is 19.4 Å². The van der Waals surface area contributed by atoms with Gasteiger partial charge in [0.25, 0.3) is 0 Å². The minimum absolute atomic E-state index is 0.142. The zero-order chi connectivity index (χ0) is 18.5. The Bertz CT molecular complexity index is 724. The lowest BCUT2D eigenvalue weighted by molar-refractivity contribution is 0.236. The lowest BCUT2D eigenvalue weighted by atomic mass is 10.0. The number of aryl methyl sites for hydroxylation is 1. The van der Waals surface area contributed by atoms with Crippen LogP contribution in [0.1, 0.15) is 28.5 Å². The van der Waals surface area contributed by atoms with Crippen molar-refractivity contribution >= 4 is 11.3 Å². The maximum Gasteiger partial charge on any atom is 0.203 e. The minimum Gasteiger partial charge on any atom is -0.493 e. The molecule has 0 saturated carbocycles. The number of nitrogens with one attached hydrogen (secondary N) is 1. The van der Waals surface area contributed by atoms with Crippen LogP contribution in [-0.4, -0.2) is 52.4 Å². The molecule has 2 heterocycles. The smallest absolute Gasteiger partial charge is 0.203 e. The summed E-state index contributed by atoms with van der Waals surface area (Å²) in [5.41, 5.74) is 2.41. The Kier molecular flexibility index (Phi) is 6.40. The van der Waals surface area contributed by atoms with Crippen LogP contribution in [0.5, 0.6) is 17.2 Å². The van der Waals surface area contributed by atoms with E-state index >= 15 is 0 Å². The number of ether oxygens (including phenoxy) is 3. The Balaban J connectivity index is 2.12. The van der Waals surface area contributed by atoms with E-state index in [0.29, 0.717) is 11.5 Å². The largest absolute Gasteiger partial charge is 0.493 e. The Morgan fingerprint density at radius 1 is 1.04 bits per heavy atom. The summed E-state index contributed by atoms with van der Waals surface area (Å²) in [5.74, 6) is 2.09. The topological polar surface area (TPSA) is 43.0 Å². The number of hydrogen-bond donors (Lipinski definition) is 1. The van der Waals surface area contributed by atoms with Gasteiger partial charge in [0.15, 0.2) is 11.5 Å². The van der Waals surface area contributed by atoms with Gasteiger partial charge in [-0.1, -0.05) is 0 Å². The van der Waals surface area contributed by atoms with Gasteiger partial charge in [-0.05, 0) is 49.0 Å². The van der Waals surface area contributed by atoms with Crippen LogP contribution < -0.4 is 19.5 Å². The zero-order valence-electron chi connectivity index (χ0n) is 16.0. The molecule has 3 rings (SSSR count). The van der Waals surface area contributed by atoms with Crippen LogP contribution in [-0.2, 0) is 0 Å². The van der Waals surface area contributed by atoms with Crippen molar-refractivity contribution in [3.05, 3.63) is 39.6 Å². The summed E-state index contributed by atoms with van der Waals surface area (Å²) in [6, 6.07) is 6.51. The van der Waals surface area contributed by atoms with Crippen molar-refractivity contribution in [1.29, 1.82) is 0 Å². The third-order valence-electron chi connectivity index (χ3n) is 4.79. The fourth-order valence-corrected chi connectivity index (χ4v) is 4.64. The first-order valence-corrected chi connectivity index (χ1v) is 9.86. The third kappa shape index (κ3) is 3.82. The summed E-state index contributed by atoms with van der Waals surface area (Å²) >= 11 is 1.81. The minimum atomic E-state index is 0.142. The van der Waals surface area contributed by atoms with Crippen molar-refractivity contribution in [2.75, 3.05) is 47.5 Å². The molecule has 0 spiro atoms. The zero-order valence-corrected chi connectivity index (χ0v) is 16.8. The van der Waals surface area contributed by atoms with Gasteiger partial charge in [0, 0.05) is 30.1 Å². The summed E-state index contributed by atoms with van der Waals surface area (Å²) in [6.07, 6.45) is 1.14. The first kappa shape index (κ1) is 19.0. The van der Waals surface area contributed by atoms with Crippen molar-refractivity contribution in [3.63, 3.8) is 0 Å². The van der Waals surface area contributed by atoms with Crippen molar-refractivity contribution in [1.82, 2.24) is 10.2 Å². The molecular formula is C20H28N2O3S. The molecule has 0 radical (unpaired) electrons. The average molecular weight is 377 g/mol. The van der Waals surface area contributed by atoms with Gasteiger partial charge in [0.05, 0.1) is 27.4 Å². The SMILES string of the molecule is COc1ccc(C(c2cc(C)cs2)N2CCCNCC2)c(OC)c1OC. The molecule has 1 unspecified atom stereocenters. The number of rotatable bonds is 6. The summed E-state index contributed by atoms with van der Waals surface area (Å²) in [4.78, 5) is 3.87. The van der Waals surface area contributed by atoms with Crippen LogP contribution >= 0.6 is 11.3 Å². The molecule has 5 nitrogen and oxygen atoms in total. The first-order chi connectivity index (χ1) is 12.7. The van der Waals surface area contributed by atoms with Crippen LogP contribution in [0.15, 0.2) is 23.6 Å². The van der Waals surface area contributed by atoms with Crippen LogP contribution in [0.25, 0.3) is 0 Å². The Morgan fingerprint density at radius 2 is 1.85 bits per heavy atom. The highest BCUT2D eigenvalue weighted by atomic mass is 32.1. The van der Waals surface area contributed by atoms with Crippen LogP contribution in [0.2, 0.25) is 0 Å². The van der Waals surface area contributed by atoms with Gasteiger partial charge >= 0.3 is 0 Å². The lowest BCUT2D eigenvalue weighted by Crippen LogP contribution is -2.32. The van der Waals surface area contributed by atoms with E-state index in [1.54, 1.807) is 32.7 Å². The molecule has 0 aliphatic carbocycles. The van der Waals surface area contributed by atoms with E-state index in [9.17, 15) is 0 Å². The first-order valence-electron chi connectivity index (χ1n) is 8.98. The van der Waals surface area contributed by atoms with E-state index in [1.165, 1.54) is 10.4 Å². The third-order valence-corrected chi connectivity index (χ3v) is 5.89. The molecule has 0 bridgehead atoms. The Hall–Kier alpha value is -1.76.